The Morgan fingerprint density at radius 3 is 2.43 bits per heavy atom. The number of benzene rings is 2. The molecule has 6 heteroatoms. The first-order chi connectivity index (χ1) is 13.5. The van der Waals surface area contributed by atoms with Crippen LogP contribution in [-0.2, 0) is 0 Å². The number of hydrogen-bond donors (Lipinski definition) is 0. The molecule has 0 saturated carbocycles. The zero-order valence-corrected chi connectivity index (χ0v) is 16.1. The van der Waals surface area contributed by atoms with Crippen LogP contribution in [0, 0.1) is 21.4 Å². The summed E-state index contributed by atoms with van der Waals surface area (Å²) in [6, 6.07) is 14.2. The summed E-state index contributed by atoms with van der Waals surface area (Å²) >= 11 is 0. The third-order valence-corrected chi connectivity index (χ3v) is 4.81. The molecule has 0 fully saturated rings. The van der Waals surface area contributed by atoms with Crippen molar-refractivity contribution < 1.29 is 9.66 Å². The van der Waals surface area contributed by atoms with Crippen LogP contribution in [0.15, 0.2) is 54.3 Å². The standard InChI is InChI=1S/C22H21N3O3/c1-4-24(5-2)18-10-11-19-15(3)12-21(28-22(19)13-18)20(14-23)16-6-8-17(9-7-16)25(26)27/h6-13H,4-5H2,1-3H3/b21-20+. The van der Waals surface area contributed by atoms with Crippen molar-refractivity contribution in [3.63, 3.8) is 0 Å². The van der Waals surface area contributed by atoms with Crippen LogP contribution in [0.5, 0.6) is 5.75 Å². The molecule has 0 N–H and O–H groups in total. The van der Waals surface area contributed by atoms with Gasteiger partial charge in [-0.05, 0) is 62.2 Å². The molecule has 28 heavy (non-hydrogen) atoms. The zero-order valence-electron chi connectivity index (χ0n) is 16.1. The van der Waals surface area contributed by atoms with E-state index in [-0.39, 0.29) is 5.69 Å². The lowest BCUT2D eigenvalue weighted by molar-refractivity contribution is -0.384. The molecule has 0 unspecified atom stereocenters. The Labute approximate surface area is 164 Å². The van der Waals surface area contributed by atoms with Crippen molar-refractivity contribution in [3.8, 4) is 11.8 Å². The topological polar surface area (TPSA) is 79.4 Å². The molecule has 0 atom stereocenters. The van der Waals surface area contributed by atoms with E-state index in [2.05, 4.69) is 30.9 Å². The van der Waals surface area contributed by atoms with Crippen molar-refractivity contribution >= 4 is 22.5 Å². The lowest BCUT2D eigenvalue weighted by atomic mass is 9.98. The monoisotopic (exact) mass is 375 g/mol. The first kappa shape index (κ1) is 19.2. The maximum absolute atomic E-state index is 10.9. The van der Waals surface area contributed by atoms with Crippen LogP contribution in [0.3, 0.4) is 0 Å². The third kappa shape index (κ3) is 3.60. The lowest BCUT2D eigenvalue weighted by Gasteiger charge is -2.25. The lowest BCUT2D eigenvalue weighted by Crippen LogP contribution is -2.22. The number of nitriles is 1. The molecule has 6 nitrogen and oxygen atoms in total. The fourth-order valence-electron chi connectivity index (χ4n) is 3.26. The summed E-state index contributed by atoms with van der Waals surface area (Å²) in [6.07, 6.45) is 1.83. The molecule has 0 bridgehead atoms. The van der Waals surface area contributed by atoms with Crippen molar-refractivity contribution in [1.29, 1.82) is 5.26 Å². The summed E-state index contributed by atoms with van der Waals surface area (Å²) in [5.74, 6) is 1.15. The van der Waals surface area contributed by atoms with Gasteiger partial charge in [-0.1, -0.05) is 0 Å². The van der Waals surface area contributed by atoms with Crippen LogP contribution < -0.4 is 9.64 Å². The van der Waals surface area contributed by atoms with Crippen LogP contribution in [0.4, 0.5) is 11.4 Å². The van der Waals surface area contributed by atoms with E-state index < -0.39 is 4.92 Å². The number of hydrogen-bond acceptors (Lipinski definition) is 5. The van der Waals surface area contributed by atoms with E-state index >= 15 is 0 Å². The highest BCUT2D eigenvalue weighted by Gasteiger charge is 2.20. The predicted octanol–water partition coefficient (Wildman–Crippen LogP) is 5.17. The van der Waals surface area contributed by atoms with Gasteiger partial charge in [0.1, 0.15) is 23.2 Å². The Morgan fingerprint density at radius 2 is 1.86 bits per heavy atom. The first-order valence-corrected chi connectivity index (χ1v) is 9.13. The van der Waals surface area contributed by atoms with Gasteiger partial charge < -0.3 is 9.64 Å². The number of anilines is 1. The molecule has 3 rings (SSSR count). The van der Waals surface area contributed by atoms with E-state index in [1.807, 2.05) is 25.1 Å². The van der Waals surface area contributed by atoms with Gasteiger partial charge >= 0.3 is 0 Å². The molecule has 0 aliphatic carbocycles. The molecule has 1 aliphatic rings. The quantitative estimate of drug-likeness (QED) is 0.409. The van der Waals surface area contributed by atoms with E-state index in [4.69, 9.17) is 4.74 Å². The first-order valence-electron chi connectivity index (χ1n) is 9.13. The van der Waals surface area contributed by atoms with Crippen LogP contribution >= 0.6 is 0 Å². The molecule has 0 radical (unpaired) electrons. The number of allylic oxidation sites excluding steroid dienone is 3. The van der Waals surface area contributed by atoms with Crippen molar-refractivity contribution in [3.05, 3.63) is 75.5 Å². The summed E-state index contributed by atoms with van der Waals surface area (Å²) in [6.45, 7) is 7.95. The maximum atomic E-state index is 10.9. The van der Waals surface area contributed by atoms with E-state index in [0.717, 1.165) is 29.9 Å². The van der Waals surface area contributed by atoms with Crippen LogP contribution in [0.1, 0.15) is 31.9 Å². The second kappa shape index (κ2) is 7.97. The van der Waals surface area contributed by atoms with Crippen LogP contribution in [-0.4, -0.2) is 18.0 Å². The minimum Gasteiger partial charge on any atom is -0.455 e. The average Bonchev–Trinajstić information content (AvgIpc) is 2.70. The smallest absolute Gasteiger partial charge is 0.269 e. The van der Waals surface area contributed by atoms with Crippen molar-refractivity contribution in [2.45, 2.75) is 20.8 Å². The number of nitro groups is 1. The fraction of sp³-hybridized carbons (Fsp3) is 0.227. The molecule has 142 valence electrons. The van der Waals surface area contributed by atoms with Gasteiger partial charge in [-0.3, -0.25) is 10.1 Å². The molecule has 2 aromatic carbocycles. The number of nitrogens with zero attached hydrogens (tertiary/aromatic N) is 3. The predicted molar refractivity (Wildman–Crippen MR) is 110 cm³/mol. The molecular formula is C22H21N3O3. The van der Waals surface area contributed by atoms with Gasteiger partial charge in [-0.15, -0.1) is 0 Å². The van der Waals surface area contributed by atoms with Gasteiger partial charge in [0, 0.05) is 42.5 Å². The van der Waals surface area contributed by atoms with Gasteiger partial charge in [0.15, 0.2) is 0 Å². The summed E-state index contributed by atoms with van der Waals surface area (Å²) < 4.78 is 6.09. The van der Waals surface area contributed by atoms with Crippen LogP contribution in [0.2, 0.25) is 0 Å². The number of rotatable bonds is 5. The van der Waals surface area contributed by atoms with E-state index in [0.29, 0.717) is 22.6 Å². The Morgan fingerprint density at radius 1 is 1.18 bits per heavy atom. The fourth-order valence-corrected chi connectivity index (χ4v) is 3.26. The second-order valence-electron chi connectivity index (χ2n) is 6.44. The van der Waals surface area contributed by atoms with Gasteiger partial charge in [-0.25, -0.2) is 0 Å². The molecule has 1 aliphatic heterocycles. The largest absolute Gasteiger partial charge is 0.455 e. The van der Waals surface area contributed by atoms with Gasteiger partial charge in [0.2, 0.25) is 0 Å². The van der Waals surface area contributed by atoms with Crippen molar-refractivity contribution in [2.24, 2.45) is 0 Å². The third-order valence-electron chi connectivity index (χ3n) is 4.81. The molecule has 1 heterocycles. The maximum Gasteiger partial charge on any atom is 0.269 e. The molecule has 2 aromatic rings. The molecule has 0 spiro atoms. The Balaban J connectivity index is 2.04. The van der Waals surface area contributed by atoms with E-state index in [9.17, 15) is 15.4 Å². The number of non-ortho nitro benzene ring substituents is 1. The minimum absolute atomic E-state index is 0.0171. The second-order valence-corrected chi connectivity index (χ2v) is 6.44. The van der Waals surface area contributed by atoms with Gasteiger partial charge in [0.05, 0.1) is 4.92 Å². The SMILES string of the molecule is CCN(CC)c1ccc2c(c1)O/C(=C(\C#N)c1ccc([N+](=O)[O-])cc1)C=C2C. The van der Waals surface area contributed by atoms with E-state index in [1.54, 1.807) is 12.1 Å². The minimum atomic E-state index is -0.463. The molecule has 0 amide bonds. The van der Waals surface area contributed by atoms with Gasteiger partial charge in [-0.2, -0.15) is 5.26 Å². The Hall–Kier alpha value is -3.59. The number of ether oxygens (including phenoxy) is 1. The molecule has 0 saturated heterocycles. The van der Waals surface area contributed by atoms with Crippen molar-refractivity contribution in [1.82, 2.24) is 0 Å². The normalized spacial score (nSPS) is 14.3. The van der Waals surface area contributed by atoms with Crippen LogP contribution in [0.25, 0.3) is 11.1 Å². The highest BCUT2D eigenvalue weighted by Crippen LogP contribution is 2.38. The summed E-state index contributed by atoms with van der Waals surface area (Å²) in [4.78, 5) is 12.6. The number of fused-ring (bicyclic) bond motifs is 1. The Bertz CT molecular complexity index is 1010. The van der Waals surface area contributed by atoms with Crippen molar-refractivity contribution in [2.75, 3.05) is 18.0 Å². The highest BCUT2D eigenvalue weighted by molar-refractivity contribution is 5.85. The molecular weight excluding hydrogens is 354 g/mol. The van der Waals surface area contributed by atoms with E-state index in [1.165, 1.54) is 12.1 Å². The number of nitro benzene ring substituents is 1. The summed E-state index contributed by atoms with van der Waals surface area (Å²) in [7, 11) is 0. The average molecular weight is 375 g/mol. The summed E-state index contributed by atoms with van der Waals surface area (Å²) in [5, 5.41) is 20.6. The molecule has 0 aromatic heterocycles. The van der Waals surface area contributed by atoms with Gasteiger partial charge in [0.25, 0.3) is 5.69 Å². The Kier molecular flexibility index (Phi) is 5.46. The summed E-state index contributed by atoms with van der Waals surface area (Å²) in [5.41, 5.74) is 3.95. The zero-order chi connectivity index (χ0) is 20.3. The highest BCUT2D eigenvalue weighted by atomic mass is 16.6.